The number of carbonyl (C=O) groups is 1. The summed E-state index contributed by atoms with van der Waals surface area (Å²) in [6, 6.07) is 9.95. The second kappa shape index (κ2) is 8.83. The molecule has 2 aromatic carbocycles. The maximum Gasteiger partial charge on any atom is 0.237 e. The van der Waals surface area contributed by atoms with Crippen LogP contribution in [0, 0.1) is 0 Å². The minimum Gasteiger partial charge on any atom is -0.493 e. The fourth-order valence-corrected chi connectivity index (χ4v) is 3.96. The monoisotopic (exact) mass is 412 g/mol. The number of methoxy groups -OCH3 is 2. The zero-order valence-corrected chi connectivity index (χ0v) is 17.8. The second-order valence-corrected chi connectivity index (χ2v) is 7.53. The first-order chi connectivity index (χ1) is 14.6. The number of hydrogen-bond donors (Lipinski definition) is 0. The Labute approximate surface area is 177 Å². The van der Waals surface area contributed by atoms with Crippen LogP contribution in [-0.2, 0) is 24.3 Å². The van der Waals surface area contributed by atoms with Gasteiger partial charge >= 0.3 is 0 Å². The van der Waals surface area contributed by atoms with Gasteiger partial charge in [0.2, 0.25) is 12.7 Å². The van der Waals surface area contributed by atoms with Crippen LogP contribution in [0.5, 0.6) is 23.0 Å². The molecule has 0 atom stereocenters. The molecule has 0 radical (unpaired) electrons. The number of nitrogens with zero attached hydrogens (tertiary/aromatic N) is 2. The molecule has 7 heteroatoms. The first-order valence-electron chi connectivity index (χ1n) is 10.2. The third-order valence-electron chi connectivity index (χ3n) is 5.72. The molecule has 1 amide bonds. The Hall–Kier alpha value is -2.93. The molecule has 0 saturated heterocycles. The fraction of sp³-hybridized carbons (Fsp3) is 0.435. The molecule has 0 aliphatic carbocycles. The maximum absolute atomic E-state index is 13.0. The second-order valence-electron chi connectivity index (χ2n) is 7.53. The van der Waals surface area contributed by atoms with Gasteiger partial charge in [-0.3, -0.25) is 9.69 Å². The Balaban J connectivity index is 1.40. The highest BCUT2D eigenvalue weighted by atomic mass is 16.7. The minimum atomic E-state index is 0.137. The third kappa shape index (κ3) is 4.16. The Morgan fingerprint density at radius 3 is 2.53 bits per heavy atom. The highest BCUT2D eigenvalue weighted by Crippen LogP contribution is 2.34. The van der Waals surface area contributed by atoms with E-state index in [4.69, 9.17) is 18.9 Å². The summed E-state index contributed by atoms with van der Waals surface area (Å²) >= 11 is 0. The maximum atomic E-state index is 13.0. The zero-order chi connectivity index (χ0) is 21.1. The van der Waals surface area contributed by atoms with Crippen molar-refractivity contribution in [1.82, 2.24) is 9.80 Å². The van der Waals surface area contributed by atoms with Crippen LogP contribution in [-0.4, -0.2) is 56.4 Å². The molecule has 2 aliphatic heterocycles. The highest BCUT2D eigenvalue weighted by Gasteiger charge is 2.24. The van der Waals surface area contributed by atoms with Crippen molar-refractivity contribution in [3.05, 3.63) is 47.0 Å². The van der Waals surface area contributed by atoms with Crippen molar-refractivity contribution in [2.24, 2.45) is 0 Å². The van der Waals surface area contributed by atoms with Gasteiger partial charge in [0.25, 0.3) is 0 Å². The van der Waals surface area contributed by atoms with E-state index in [1.807, 2.05) is 35.2 Å². The van der Waals surface area contributed by atoms with Crippen molar-refractivity contribution in [2.45, 2.75) is 26.4 Å². The van der Waals surface area contributed by atoms with E-state index in [1.165, 1.54) is 5.56 Å². The van der Waals surface area contributed by atoms with Crippen LogP contribution in [0.25, 0.3) is 0 Å². The van der Waals surface area contributed by atoms with Crippen molar-refractivity contribution in [1.29, 1.82) is 0 Å². The number of likely N-dealkylation sites (N-methyl/N-ethyl adjacent to an activating group) is 1. The van der Waals surface area contributed by atoms with Gasteiger partial charge in [-0.2, -0.15) is 0 Å². The van der Waals surface area contributed by atoms with Gasteiger partial charge in [0.1, 0.15) is 0 Å². The quantitative estimate of drug-likeness (QED) is 0.697. The molecule has 0 unspecified atom stereocenters. The molecule has 4 rings (SSSR count). The van der Waals surface area contributed by atoms with E-state index in [2.05, 4.69) is 11.8 Å². The first kappa shape index (κ1) is 20.3. The number of hydrogen-bond acceptors (Lipinski definition) is 6. The van der Waals surface area contributed by atoms with Crippen LogP contribution in [0.2, 0.25) is 0 Å². The predicted molar refractivity (Wildman–Crippen MR) is 112 cm³/mol. The molecule has 30 heavy (non-hydrogen) atoms. The third-order valence-corrected chi connectivity index (χ3v) is 5.72. The lowest BCUT2D eigenvalue weighted by molar-refractivity contribution is -0.133. The molecule has 0 aromatic heterocycles. The average molecular weight is 412 g/mol. The van der Waals surface area contributed by atoms with E-state index in [0.29, 0.717) is 31.9 Å². The summed E-state index contributed by atoms with van der Waals surface area (Å²) < 4.78 is 21.7. The Kier molecular flexibility index (Phi) is 5.99. The minimum absolute atomic E-state index is 0.137. The van der Waals surface area contributed by atoms with Gasteiger partial charge in [-0.25, -0.2) is 0 Å². The van der Waals surface area contributed by atoms with E-state index >= 15 is 0 Å². The Bertz CT molecular complexity index is 930. The Morgan fingerprint density at radius 2 is 1.80 bits per heavy atom. The molecule has 2 aromatic rings. The SMILES string of the molecule is CCN(CC(=O)N1CCc2cc(OC)c(OC)cc2C1)Cc1ccc2c(c1)OCO2. The highest BCUT2D eigenvalue weighted by molar-refractivity contribution is 5.78. The van der Waals surface area contributed by atoms with Gasteiger partial charge in [0.15, 0.2) is 23.0 Å². The van der Waals surface area contributed by atoms with Gasteiger partial charge in [-0.15, -0.1) is 0 Å². The molecular formula is C23H28N2O5. The van der Waals surface area contributed by atoms with Crippen LogP contribution < -0.4 is 18.9 Å². The molecule has 7 nitrogen and oxygen atoms in total. The van der Waals surface area contributed by atoms with Crippen molar-refractivity contribution in [2.75, 3.05) is 40.6 Å². The van der Waals surface area contributed by atoms with Gasteiger partial charge in [0.05, 0.1) is 20.8 Å². The number of benzene rings is 2. The number of carbonyl (C=O) groups excluding carboxylic acids is 1. The summed E-state index contributed by atoms with van der Waals surface area (Å²) in [4.78, 5) is 17.1. The molecule has 2 aliphatic rings. The van der Waals surface area contributed by atoms with Gasteiger partial charge in [-0.05, 0) is 53.9 Å². The van der Waals surface area contributed by atoms with E-state index < -0.39 is 0 Å². The lowest BCUT2D eigenvalue weighted by Gasteiger charge is -2.31. The van der Waals surface area contributed by atoms with Crippen LogP contribution >= 0.6 is 0 Å². The number of rotatable bonds is 7. The van der Waals surface area contributed by atoms with Crippen molar-refractivity contribution >= 4 is 5.91 Å². The fourth-order valence-electron chi connectivity index (χ4n) is 3.96. The summed E-state index contributed by atoms with van der Waals surface area (Å²) in [7, 11) is 3.27. The molecule has 2 heterocycles. The standard InChI is InChI=1S/C23H28N2O5/c1-4-24(12-16-5-6-19-22(9-16)30-15-29-19)14-23(26)25-8-7-17-10-20(27-2)21(28-3)11-18(17)13-25/h5-6,9-11H,4,7-8,12-15H2,1-3H3. The van der Waals surface area contributed by atoms with Gasteiger partial charge in [-0.1, -0.05) is 13.0 Å². The zero-order valence-electron chi connectivity index (χ0n) is 17.8. The largest absolute Gasteiger partial charge is 0.493 e. The van der Waals surface area contributed by atoms with Crippen molar-refractivity contribution < 1.29 is 23.7 Å². The summed E-state index contributed by atoms with van der Waals surface area (Å²) in [6.07, 6.45) is 0.815. The van der Waals surface area contributed by atoms with E-state index in [0.717, 1.165) is 41.3 Å². The van der Waals surface area contributed by atoms with Crippen molar-refractivity contribution in [3.8, 4) is 23.0 Å². The van der Waals surface area contributed by atoms with Gasteiger partial charge < -0.3 is 23.8 Å². The van der Waals surface area contributed by atoms with E-state index in [9.17, 15) is 4.79 Å². The van der Waals surface area contributed by atoms with Crippen LogP contribution in [0.15, 0.2) is 30.3 Å². The molecular weight excluding hydrogens is 384 g/mol. The van der Waals surface area contributed by atoms with Crippen LogP contribution in [0.3, 0.4) is 0 Å². The Morgan fingerprint density at radius 1 is 1.07 bits per heavy atom. The molecule has 0 spiro atoms. The topological polar surface area (TPSA) is 60.5 Å². The molecule has 0 fully saturated rings. The van der Waals surface area contributed by atoms with Gasteiger partial charge in [0, 0.05) is 19.6 Å². The van der Waals surface area contributed by atoms with Crippen molar-refractivity contribution in [3.63, 3.8) is 0 Å². The summed E-state index contributed by atoms with van der Waals surface area (Å²) in [5.41, 5.74) is 3.44. The number of ether oxygens (including phenoxy) is 4. The molecule has 0 N–H and O–H groups in total. The summed E-state index contributed by atoms with van der Waals surface area (Å²) in [5.74, 6) is 3.11. The average Bonchev–Trinajstić information content (AvgIpc) is 3.25. The number of amides is 1. The van der Waals surface area contributed by atoms with Crippen LogP contribution in [0.1, 0.15) is 23.6 Å². The molecule has 0 bridgehead atoms. The summed E-state index contributed by atoms with van der Waals surface area (Å²) in [6.45, 7) is 5.50. The lowest BCUT2D eigenvalue weighted by atomic mass is 9.98. The predicted octanol–water partition coefficient (Wildman–Crippen LogP) is 2.84. The molecule has 160 valence electrons. The molecule has 0 saturated carbocycles. The smallest absolute Gasteiger partial charge is 0.237 e. The van der Waals surface area contributed by atoms with E-state index in [-0.39, 0.29) is 12.7 Å². The normalized spacial score (nSPS) is 14.6. The summed E-state index contributed by atoms with van der Waals surface area (Å²) in [5, 5.41) is 0. The number of fused-ring (bicyclic) bond motifs is 2. The van der Waals surface area contributed by atoms with Crippen LogP contribution in [0.4, 0.5) is 0 Å². The first-order valence-corrected chi connectivity index (χ1v) is 10.2. The lowest BCUT2D eigenvalue weighted by Crippen LogP contribution is -2.42. The van der Waals surface area contributed by atoms with E-state index in [1.54, 1.807) is 14.2 Å².